The summed E-state index contributed by atoms with van der Waals surface area (Å²) in [6.45, 7) is 5.96. The number of hydrogen-bond acceptors (Lipinski definition) is 4. The first-order valence-corrected chi connectivity index (χ1v) is 5.14. The van der Waals surface area contributed by atoms with Gasteiger partial charge in [0.15, 0.2) is 11.5 Å². The highest BCUT2D eigenvalue weighted by atomic mass is 16.5. The SMILES string of the molecule is C=C(OC)/C(OCC)=C(\C=C\C(=O)NC)OC. The number of nitrogens with one attached hydrogen (secondary N) is 1. The molecule has 0 aromatic carbocycles. The minimum absolute atomic E-state index is 0.238. The van der Waals surface area contributed by atoms with Crippen LogP contribution in [0.1, 0.15) is 6.92 Å². The second kappa shape index (κ2) is 8.27. The van der Waals surface area contributed by atoms with E-state index >= 15 is 0 Å². The molecule has 0 aliphatic rings. The van der Waals surface area contributed by atoms with Crippen LogP contribution in [0.3, 0.4) is 0 Å². The third-order valence-corrected chi connectivity index (χ3v) is 1.86. The maximum atomic E-state index is 11.1. The van der Waals surface area contributed by atoms with Gasteiger partial charge >= 0.3 is 0 Å². The first-order chi connectivity index (χ1) is 8.10. The van der Waals surface area contributed by atoms with Crippen LogP contribution in [0, 0.1) is 0 Å². The van der Waals surface area contributed by atoms with Gasteiger partial charge in [0, 0.05) is 13.1 Å². The lowest BCUT2D eigenvalue weighted by Crippen LogP contribution is -2.14. The van der Waals surface area contributed by atoms with E-state index in [0.717, 1.165) is 0 Å². The van der Waals surface area contributed by atoms with Gasteiger partial charge in [-0.05, 0) is 13.0 Å². The fourth-order valence-corrected chi connectivity index (χ4v) is 0.997. The van der Waals surface area contributed by atoms with Crippen molar-refractivity contribution in [2.45, 2.75) is 6.92 Å². The molecule has 0 aliphatic heterocycles. The summed E-state index contributed by atoms with van der Waals surface area (Å²) in [7, 11) is 4.50. The number of hydrogen-bond donors (Lipinski definition) is 1. The maximum absolute atomic E-state index is 11.1. The molecule has 0 radical (unpaired) electrons. The van der Waals surface area contributed by atoms with Crippen molar-refractivity contribution in [1.82, 2.24) is 5.32 Å². The molecule has 0 atom stereocenters. The molecule has 1 amide bonds. The Balaban J connectivity index is 5.13. The van der Waals surface area contributed by atoms with Crippen molar-refractivity contribution in [2.24, 2.45) is 0 Å². The molecular weight excluding hydrogens is 222 g/mol. The van der Waals surface area contributed by atoms with Crippen LogP contribution in [0.5, 0.6) is 0 Å². The Labute approximate surface area is 102 Å². The molecule has 0 aliphatic carbocycles. The highest BCUT2D eigenvalue weighted by molar-refractivity contribution is 5.87. The molecule has 0 unspecified atom stereocenters. The number of allylic oxidation sites excluding steroid dienone is 1. The van der Waals surface area contributed by atoms with E-state index in [1.807, 2.05) is 6.92 Å². The molecule has 17 heavy (non-hydrogen) atoms. The minimum atomic E-state index is -0.238. The Morgan fingerprint density at radius 1 is 1.29 bits per heavy atom. The molecule has 1 N–H and O–H groups in total. The van der Waals surface area contributed by atoms with Crippen molar-refractivity contribution in [3.8, 4) is 0 Å². The van der Waals surface area contributed by atoms with Crippen molar-refractivity contribution in [3.05, 3.63) is 36.0 Å². The summed E-state index contributed by atoms with van der Waals surface area (Å²) < 4.78 is 15.5. The van der Waals surface area contributed by atoms with Gasteiger partial charge in [-0.15, -0.1) is 0 Å². The van der Waals surface area contributed by atoms with E-state index < -0.39 is 0 Å². The van der Waals surface area contributed by atoms with Crippen LogP contribution in [0.25, 0.3) is 0 Å². The second-order valence-corrected chi connectivity index (χ2v) is 2.91. The highest BCUT2D eigenvalue weighted by Crippen LogP contribution is 2.17. The Kier molecular flexibility index (Phi) is 7.34. The van der Waals surface area contributed by atoms with E-state index in [0.29, 0.717) is 23.9 Å². The molecular formula is C12H19NO4. The summed E-state index contributed by atoms with van der Waals surface area (Å²) in [4.78, 5) is 11.1. The van der Waals surface area contributed by atoms with Crippen molar-refractivity contribution < 1.29 is 19.0 Å². The normalized spacial score (nSPS) is 11.8. The van der Waals surface area contributed by atoms with Gasteiger partial charge in [0.1, 0.15) is 0 Å². The topological polar surface area (TPSA) is 56.8 Å². The second-order valence-electron chi connectivity index (χ2n) is 2.91. The minimum Gasteiger partial charge on any atom is -0.493 e. The average Bonchev–Trinajstić information content (AvgIpc) is 2.36. The van der Waals surface area contributed by atoms with E-state index in [2.05, 4.69) is 11.9 Å². The monoisotopic (exact) mass is 241 g/mol. The van der Waals surface area contributed by atoms with E-state index in [1.165, 1.54) is 26.4 Å². The van der Waals surface area contributed by atoms with E-state index in [-0.39, 0.29) is 5.91 Å². The molecule has 0 aromatic rings. The third-order valence-electron chi connectivity index (χ3n) is 1.86. The average molecular weight is 241 g/mol. The predicted molar refractivity (Wildman–Crippen MR) is 65.0 cm³/mol. The molecule has 5 nitrogen and oxygen atoms in total. The Bertz CT molecular complexity index is 331. The smallest absolute Gasteiger partial charge is 0.243 e. The van der Waals surface area contributed by atoms with Gasteiger partial charge in [0.05, 0.1) is 20.8 Å². The zero-order chi connectivity index (χ0) is 13.3. The Morgan fingerprint density at radius 3 is 2.35 bits per heavy atom. The maximum Gasteiger partial charge on any atom is 0.243 e. The third kappa shape index (κ3) is 5.10. The van der Waals surface area contributed by atoms with Crippen molar-refractivity contribution in [1.29, 1.82) is 0 Å². The van der Waals surface area contributed by atoms with Gasteiger partial charge in [-0.2, -0.15) is 0 Å². The number of amides is 1. The largest absolute Gasteiger partial charge is 0.493 e. The van der Waals surface area contributed by atoms with Crippen LogP contribution >= 0.6 is 0 Å². The van der Waals surface area contributed by atoms with Crippen molar-refractivity contribution >= 4 is 5.91 Å². The summed E-state index contributed by atoms with van der Waals surface area (Å²) in [6.07, 6.45) is 2.83. The predicted octanol–water partition coefficient (Wildman–Crippen LogP) is 1.34. The zero-order valence-corrected chi connectivity index (χ0v) is 10.7. The number of methoxy groups -OCH3 is 2. The molecule has 0 spiro atoms. The molecule has 0 bridgehead atoms. The molecule has 0 saturated heterocycles. The van der Waals surface area contributed by atoms with Gasteiger partial charge in [0.25, 0.3) is 0 Å². The lowest BCUT2D eigenvalue weighted by molar-refractivity contribution is -0.116. The lowest BCUT2D eigenvalue weighted by Gasteiger charge is -2.13. The molecule has 5 heteroatoms. The van der Waals surface area contributed by atoms with Gasteiger partial charge in [-0.3, -0.25) is 4.79 Å². The summed E-state index contributed by atoms with van der Waals surface area (Å²) in [5.74, 6) is 0.851. The lowest BCUT2D eigenvalue weighted by atomic mass is 10.3. The molecule has 0 aromatic heterocycles. The summed E-state index contributed by atoms with van der Waals surface area (Å²) in [6, 6.07) is 0. The van der Waals surface area contributed by atoms with Crippen LogP contribution in [0.15, 0.2) is 36.0 Å². The van der Waals surface area contributed by atoms with Crippen molar-refractivity contribution in [3.63, 3.8) is 0 Å². The van der Waals surface area contributed by atoms with Crippen LogP contribution < -0.4 is 5.32 Å². The van der Waals surface area contributed by atoms with Gasteiger partial charge in [0.2, 0.25) is 11.7 Å². The van der Waals surface area contributed by atoms with E-state index in [4.69, 9.17) is 14.2 Å². The van der Waals surface area contributed by atoms with Crippen molar-refractivity contribution in [2.75, 3.05) is 27.9 Å². The van der Waals surface area contributed by atoms with E-state index in [9.17, 15) is 4.79 Å². The highest BCUT2D eigenvalue weighted by Gasteiger charge is 2.11. The summed E-state index contributed by atoms with van der Waals surface area (Å²) in [5, 5.41) is 2.46. The molecule has 96 valence electrons. The fourth-order valence-electron chi connectivity index (χ4n) is 0.997. The standard InChI is InChI=1S/C12H19NO4/c1-6-17-12(9(2)15-4)10(16-5)7-8-11(14)13-3/h7-8H,2,6H2,1,3-5H3,(H,13,14)/b8-7+,12-10-. The van der Waals surface area contributed by atoms with Crippen LogP contribution in [-0.4, -0.2) is 33.8 Å². The van der Waals surface area contributed by atoms with Gasteiger partial charge in [-0.1, -0.05) is 6.58 Å². The van der Waals surface area contributed by atoms with Crippen LogP contribution in [-0.2, 0) is 19.0 Å². The number of ether oxygens (including phenoxy) is 3. The summed E-state index contributed by atoms with van der Waals surface area (Å²) >= 11 is 0. The van der Waals surface area contributed by atoms with Crippen LogP contribution in [0.2, 0.25) is 0 Å². The number of likely N-dealkylation sites (N-methyl/N-ethyl adjacent to an activating group) is 1. The van der Waals surface area contributed by atoms with Gasteiger partial charge in [-0.25, -0.2) is 0 Å². The Morgan fingerprint density at radius 2 is 1.94 bits per heavy atom. The zero-order valence-electron chi connectivity index (χ0n) is 10.7. The molecule has 0 rings (SSSR count). The first-order valence-electron chi connectivity index (χ1n) is 5.14. The van der Waals surface area contributed by atoms with Crippen LogP contribution in [0.4, 0.5) is 0 Å². The van der Waals surface area contributed by atoms with E-state index in [1.54, 1.807) is 7.05 Å². The summed E-state index contributed by atoms with van der Waals surface area (Å²) in [5.41, 5.74) is 0. The number of rotatable bonds is 7. The number of carbonyl (C=O) groups is 1. The first kappa shape index (κ1) is 15.1. The Hall–Kier alpha value is -1.91. The van der Waals surface area contributed by atoms with Gasteiger partial charge < -0.3 is 19.5 Å². The molecule has 0 heterocycles. The quantitative estimate of drug-likeness (QED) is 0.415. The number of carbonyl (C=O) groups excluding carboxylic acids is 1. The fraction of sp³-hybridized carbons (Fsp3) is 0.417. The molecule has 0 fully saturated rings. The molecule has 0 saturated carbocycles.